The number of carbonyl (C=O) groups is 1. The molecule has 0 amide bonds. The molecule has 0 aliphatic carbocycles. The van der Waals surface area contributed by atoms with Gasteiger partial charge in [0.25, 0.3) is 0 Å². The predicted octanol–water partition coefficient (Wildman–Crippen LogP) is 3.03. The molecule has 1 aromatic carbocycles. The van der Waals surface area contributed by atoms with Crippen LogP contribution in [-0.2, 0) is 17.5 Å². The molecule has 0 radical (unpaired) electrons. The SMILES string of the molecule is CCOC(=O)c1noc(-c2ccc(C(F)(F)F)cc2)c1CO. The third-order valence-electron chi connectivity index (χ3n) is 2.89. The Balaban J connectivity index is 2.39. The van der Waals surface area contributed by atoms with Crippen molar-refractivity contribution < 1.29 is 32.3 Å². The average molecular weight is 315 g/mol. The fourth-order valence-corrected chi connectivity index (χ4v) is 1.85. The summed E-state index contributed by atoms with van der Waals surface area (Å²) in [6.07, 6.45) is -4.45. The summed E-state index contributed by atoms with van der Waals surface area (Å²) >= 11 is 0. The van der Waals surface area contributed by atoms with E-state index in [-0.39, 0.29) is 29.2 Å². The molecule has 1 aromatic heterocycles. The number of carbonyl (C=O) groups excluding carboxylic acids is 1. The number of rotatable bonds is 4. The zero-order chi connectivity index (χ0) is 16.3. The van der Waals surface area contributed by atoms with Crippen molar-refractivity contribution in [3.05, 3.63) is 41.1 Å². The number of esters is 1. The van der Waals surface area contributed by atoms with E-state index in [4.69, 9.17) is 9.26 Å². The van der Waals surface area contributed by atoms with Crippen molar-refractivity contribution in [2.75, 3.05) is 6.61 Å². The number of aliphatic hydroxyl groups excluding tert-OH is 1. The molecule has 0 unspecified atom stereocenters. The number of alkyl halides is 3. The quantitative estimate of drug-likeness (QED) is 0.878. The van der Waals surface area contributed by atoms with Crippen LogP contribution >= 0.6 is 0 Å². The normalized spacial score (nSPS) is 11.5. The zero-order valence-corrected chi connectivity index (χ0v) is 11.5. The van der Waals surface area contributed by atoms with Crippen molar-refractivity contribution in [2.24, 2.45) is 0 Å². The highest BCUT2D eigenvalue weighted by atomic mass is 19.4. The van der Waals surface area contributed by atoms with Gasteiger partial charge in [-0.25, -0.2) is 4.79 Å². The highest BCUT2D eigenvalue weighted by Gasteiger charge is 2.30. The second kappa shape index (κ2) is 6.18. The Morgan fingerprint density at radius 3 is 2.45 bits per heavy atom. The second-order valence-electron chi connectivity index (χ2n) is 4.29. The van der Waals surface area contributed by atoms with Crippen LogP contribution in [-0.4, -0.2) is 22.8 Å². The summed E-state index contributed by atoms with van der Waals surface area (Å²) < 4.78 is 47.3. The van der Waals surface area contributed by atoms with E-state index in [2.05, 4.69) is 5.16 Å². The summed E-state index contributed by atoms with van der Waals surface area (Å²) in [5.41, 5.74) is -0.676. The number of halogens is 3. The van der Waals surface area contributed by atoms with Gasteiger partial charge < -0.3 is 14.4 Å². The summed E-state index contributed by atoms with van der Waals surface area (Å²) in [4.78, 5) is 11.7. The number of aromatic nitrogens is 1. The van der Waals surface area contributed by atoms with Gasteiger partial charge in [-0.3, -0.25) is 0 Å². The highest BCUT2D eigenvalue weighted by Crippen LogP contribution is 2.32. The Labute approximate surface area is 123 Å². The highest BCUT2D eigenvalue weighted by molar-refractivity contribution is 5.90. The first-order chi connectivity index (χ1) is 10.4. The lowest BCUT2D eigenvalue weighted by atomic mass is 10.1. The van der Waals surface area contributed by atoms with Gasteiger partial charge in [0.2, 0.25) is 0 Å². The molecule has 1 heterocycles. The maximum atomic E-state index is 12.5. The predicted molar refractivity (Wildman–Crippen MR) is 68.8 cm³/mol. The minimum absolute atomic E-state index is 0.0271. The summed E-state index contributed by atoms with van der Waals surface area (Å²) in [6.45, 7) is 1.16. The molecular weight excluding hydrogens is 303 g/mol. The topological polar surface area (TPSA) is 72.6 Å². The summed E-state index contributed by atoms with van der Waals surface area (Å²) in [5.74, 6) is -0.743. The van der Waals surface area contributed by atoms with Crippen LogP contribution in [0.3, 0.4) is 0 Å². The van der Waals surface area contributed by atoms with Gasteiger partial charge in [-0.15, -0.1) is 0 Å². The fourth-order valence-electron chi connectivity index (χ4n) is 1.85. The smallest absolute Gasteiger partial charge is 0.416 e. The summed E-state index contributed by atoms with van der Waals surface area (Å²) in [7, 11) is 0. The number of aliphatic hydroxyl groups is 1. The molecule has 0 aliphatic rings. The van der Waals surface area contributed by atoms with Gasteiger partial charge in [0.1, 0.15) is 0 Å². The van der Waals surface area contributed by atoms with Crippen LogP contribution in [0.1, 0.15) is 28.5 Å². The second-order valence-corrected chi connectivity index (χ2v) is 4.29. The molecule has 1 N–H and O–H groups in total. The van der Waals surface area contributed by atoms with Gasteiger partial charge in [-0.2, -0.15) is 13.2 Å². The molecule has 0 fully saturated rings. The fraction of sp³-hybridized carbons (Fsp3) is 0.286. The lowest BCUT2D eigenvalue weighted by Crippen LogP contribution is -2.08. The van der Waals surface area contributed by atoms with Crippen LogP contribution in [0, 0.1) is 0 Å². The molecule has 0 saturated heterocycles. The van der Waals surface area contributed by atoms with Crippen LogP contribution in [0.5, 0.6) is 0 Å². The number of ether oxygens (including phenoxy) is 1. The lowest BCUT2D eigenvalue weighted by molar-refractivity contribution is -0.137. The maximum Gasteiger partial charge on any atom is 0.416 e. The standard InChI is InChI=1S/C14H12F3NO4/c1-2-21-13(20)11-10(7-19)12(22-18-11)8-3-5-9(6-4-8)14(15,16)17/h3-6,19H,2,7H2,1H3. The third-order valence-corrected chi connectivity index (χ3v) is 2.89. The molecule has 0 spiro atoms. The number of hydrogen-bond acceptors (Lipinski definition) is 5. The Hall–Kier alpha value is -2.35. The minimum atomic E-state index is -4.45. The monoisotopic (exact) mass is 315 g/mol. The molecule has 22 heavy (non-hydrogen) atoms. The van der Waals surface area contributed by atoms with Crippen LogP contribution in [0.15, 0.2) is 28.8 Å². The van der Waals surface area contributed by atoms with Crippen LogP contribution in [0.4, 0.5) is 13.2 Å². The Bertz CT molecular complexity index is 662. The number of nitrogens with zero attached hydrogens (tertiary/aromatic N) is 1. The summed E-state index contributed by atoms with van der Waals surface area (Å²) in [6, 6.07) is 4.11. The van der Waals surface area contributed by atoms with E-state index in [0.717, 1.165) is 12.1 Å². The number of benzene rings is 1. The van der Waals surface area contributed by atoms with Crippen molar-refractivity contribution in [3.63, 3.8) is 0 Å². The van der Waals surface area contributed by atoms with E-state index in [0.29, 0.717) is 0 Å². The van der Waals surface area contributed by atoms with E-state index in [1.165, 1.54) is 12.1 Å². The van der Waals surface area contributed by atoms with Crippen LogP contribution < -0.4 is 0 Å². The van der Waals surface area contributed by atoms with Gasteiger partial charge in [-0.1, -0.05) is 17.3 Å². The van der Waals surface area contributed by atoms with Crippen LogP contribution in [0.2, 0.25) is 0 Å². The average Bonchev–Trinajstić information content (AvgIpc) is 2.90. The lowest BCUT2D eigenvalue weighted by Gasteiger charge is -2.07. The van der Waals surface area contributed by atoms with Crippen molar-refractivity contribution in [1.29, 1.82) is 0 Å². The molecule has 2 aromatic rings. The van der Waals surface area contributed by atoms with E-state index >= 15 is 0 Å². The van der Waals surface area contributed by atoms with Crippen molar-refractivity contribution in [3.8, 4) is 11.3 Å². The van der Waals surface area contributed by atoms with E-state index < -0.39 is 24.3 Å². The Morgan fingerprint density at radius 1 is 1.32 bits per heavy atom. The van der Waals surface area contributed by atoms with Gasteiger partial charge >= 0.3 is 12.1 Å². The first kappa shape index (κ1) is 16.0. The van der Waals surface area contributed by atoms with Crippen molar-refractivity contribution in [1.82, 2.24) is 5.16 Å². The van der Waals surface area contributed by atoms with E-state index in [1.54, 1.807) is 6.92 Å². The molecule has 8 heteroatoms. The first-order valence-electron chi connectivity index (χ1n) is 6.32. The zero-order valence-electron chi connectivity index (χ0n) is 11.5. The van der Waals surface area contributed by atoms with Gasteiger partial charge in [0.05, 0.1) is 24.3 Å². The minimum Gasteiger partial charge on any atom is -0.461 e. The third kappa shape index (κ3) is 3.11. The molecular formula is C14H12F3NO4. The summed E-state index contributed by atoms with van der Waals surface area (Å²) in [5, 5.41) is 12.9. The van der Waals surface area contributed by atoms with E-state index in [9.17, 15) is 23.1 Å². The van der Waals surface area contributed by atoms with Crippen molar-refractivity contribution >= 4 is 5.97 Å². The van der Waals surface area contributed by atoms with Crippen molar-refractivity contribution in [2.45, 2.75) is 19.7 Å². The Kier molecular flexibility index (Phi) is 4.51. The van der Waals surface area contributed by atoms with Crippen LogP contribution in [0.25, 0.3) is 11.3 Å². The molecule has 0 bridgehead atoms. The first-order valence-corrected chi connectivity index (χ1v) is 6.32. The largest absolute Gasteiger partial charge is 0.461 e. The molecule has 118 valence electrons. The van der Waals surface area contributed by atoms with Gasteiger partial charge in [-0.05, 0) is 19.1 Å². The maximum absolute atomic E-state index is 12.5. The molecule has 5 nitrogen and oxygen atoms in total. The Morgan fingerprint density at radius 2 is 1.95 bits per heavy atom. The van der Waals surface area contributed by atoms with Gasteiger partial charge in [0, 0.05) is 5.56 Å². The number of hydrogen-bond donors (Lipinski definition) is 1. The molecule has 2 rings (SSSR count). The molecule has 0 saturated carbocycles. The van der Waals surface area contributed by atoms with Gasteiger partial charge in [0.15, 0.2) is 11.5 Å². The molecule has 0 aliphatic heterocycles. The van der Waals surface area contributed by atoms with E-state index in [1.807, 2.05) is 0 Å². The molecule has 0 atom stereocenters.